The lowest BCUT2D eigenvalue weighted by Gasteiger charge is -2.19. The van der Waals surface area contributed by atoms with Crippen molar-refractivity contribution in [2.45, 2.75) is 26.9 Å². The number of carbonyl (C=O) groups excluding carboxylic acids is 1. The summed E-state index contributed by atoms with van der Waals surface area (Å²) in [4.78, 5) is 23.0. The normalized spacial score (nSPS) is 11.2. The number of carbonyl (C=O) groups is 2. The number of methoxy groups -OCH3 is 1. The second-order valence-electron chi connectivity index (χ2n) is 5.11. The van der Waals surface area contributed by atoms with Gasteiger partial charge in [-0.1, -0.05) is 22.0 Å². The first-order valence-corrected chi connectivity index (χ1v) is 6.87. The van der Waals surface area contributed by atoms with E-state index >= 15 is 0 Å². The molecule has 2 N–H and O–H groups in total. The Morgan fingerprint density at radius 3 is 2.60 bits per heavy atom. The quantitative estimate of drug-likeness (QED) is 0.832. The molecular weight excluding hydrogens is 326 g/mol. The van der Waals surface area contributed by atoms with E-state index in [1.165, 1.54) is 13.8 Å². The Morgan fingerprint density at radius 1 is 1.40 bits per heavy atom. The number of benzene rings is 1. The van der Waals surface area contributed by atoms with Gasteiger partial charge in [-0.3, -0.25) is 9.59 Å². The first-order valence-electron chi connectivity index (χ1n) is 6.07. The van der Waals surface area contributed by atoms with Crippen molar-refractivity contribution in [2.75, 3.05) is 12.4 Å². The monoisotopic (exact) mass is 343 g/mol. The maximum Gasteiger partial charge on any atom is 0.309 e. The number of nitrogens with one attached hydrogen (secondary N) is 1. The molecule has 0 spiro atoms. The molecule has 0 aliphatic carbocycles. The van der Waals surface area contributed by atoms with Crippen LogP contribution in [0.15, 0.2) is 22.7 Å². The molecule has 0 aliphatic heterocycles. The van der Waals surface area contributed by atoms with Gasteiger partial charge < -0.3 is 15.2 Å². The predicted octanol–water partition coefficient (Wildman–Crippen LogP) is 3.03. The van der Waals surface area contributed by atoms with Crippen LogP contribution < -0.4 is 5.32 Å². The molecule has 0 aromatic heterocycles. The third-order valence-corrected chi connectivity index (χ3v) is 3.61. The number of aliphatic carboxylic acids is 1. The molecule has 5 nitrogen and oxygen atoms in total. The number of carboxylic acid groups (broad SMARTS) is 1. The molecule has 0 aliphatic rings. The summed E-state index contributed by atoms with van der Waals surface area (Å²) in [6.07, 6.45) is -0.0960. The lowest BCUT2D eigenvalue weighted by molar-refractivity contribution is -0.148. The molecular formula is C14H18BrNO4. The standard InChI is InChI=1S/C14H18BrNO4/c1-14(2,13(18)19)7-12(17)16-11-6-4-5-10(15)9(11)8-20-3/h4-6H,7-8H2,1-3H3,(H,16,17)(H,18,19). The predicted molar refractivity (Wildman–Crippen MR) is 79.5 cm³/mol. The fraction of sp³-hybridized carbons (Fsp3) is 0.429. The third kappa shape index (κ3) is 4.31. The first kappa shape index (κ1) is 16.7. The van der Waals surface area contributed by atoms with Crippen LogP contribution in [0.1, 0.15) is 25.8 Å². The summed E-state index contributed by atoms with van der Waals surface area (Å²) in [6.45, 7) is 3.39. The molecule has 0 saturated carbocycles. The largest absolute Gasteiger partial charge is 0.481 e. The fourth-order valence-corrected chi connectivity index (χ4v) is 2.12. The Balaban J connectivity index is 2.86. The average Bonchev–Trinajstić information content (AvgIpc) is 2.32. The van der Waals surface area contributed by atoms with Gasteiger partial charge in [0.1, 0.15) is 0 Å². The van der Waals surface area contributed by atoms with E-state index in [2.05, 4.69) is 21.2 Å². The molecule has 0 radical (unpaired) electrons. The number of ether oxygens (including phenoxy) is 1. The maximum absolute atomic E-state index is 12.0. The van der Waals surface area contributed by atoms with E-state index in [1.54, 1.807) is 19.2 Å². The van der Waals surface area contributed by atoms with Gasteiger partial charge in [-0.15, -0.1) is 0 Å². The number of rotatable bonds is 6. The summed E-state index contributed by atoms with van der Waals surface area (Å²) in [5, 5.41) is 11.8. The topological polar surface area (TPSA) is 75.6 Å². The molecule has 0 unspecified atom stereocenters. The lowest BCUT2D eigenvalue weighted by atomic mass is 9.89. The molecule has 0 bridgehead atoms. The highest BCUT2D eigenvalue weighted by molar-refractivity contribution is 9.10. The smallest absolute Gasteiger partial charge is 0.309 e. The fourth-order valence-electron chi connectivity index (χ4n) is 1.64. The van der Waals surface area contributed by atoms with Gasteiger partial charge in [0.15, 0.2) is 0 Å². The molecule has 0 fully saturated rings. The van der Waals surface area contributed by atoms with E-state index in [-0.39, 0.29) is 12.3 Å². The number of anilines is 1. The van der Waals surface area contributed by atoms with E-state index in [1.807, 2.05) is 6.07 Å². The van der Waals surface area contributed by atoms with E-state index in [0.717, 1.165) is 10.0 Å². The minimum Gasteiger partial charge on any atom is -0.481 e. The summed E-state index contributed by atoms with van der Waals surface area (Å²) in [5.74, 6) is -1.34. The number of carboxylic acids is 1. The highest BCUT2D eigenvalue weighted by Crippen LogP contribution is 2.27. The van der Waals surface area contributed by atoms with Gasteiger partial charge in [0.25, 0.3) is 0 Å². The SMILES string of the molecule is COCc1c(Br)cccc1NC(=O)CC(C)(C)C(=O)O. The first-order chi connectivity index (χ1) is 9.27. The summed E-state index contributed by atoms with van der Waals surface area (Å²) in [7, 11) is 1.57. The molecule has 0 saturated heterocycles. The lowest BCUT2D eigenvalue weighted by Crippen LogP contribution is -2.29. The van der Waals surface area contributed by atoms with E-state index in [9.17, 15) is 9.59 Å². The van der Waals surface area contributed by atoms with Crippen LogP contribution in [-0.2, 0) is 20.9 Å². The van der Waals surface area contributed by atoms with Crippen LogP contribution in [0.25, 0.3) is 0 Å². The van der Waals surface area contributed by atoms with E-state index in [0.29, 0.717) is 12.3 Å². The van der Waals surface area contributed by atoms with Crippen LogP contribution in [0.4, 0.5) is 5.69 Å². The van der Waals surface area contributed by atoms with Crippen molar-refractivity contribution < 1.29 is 19.4 Å². The van der Waals surface area contributed by atoms with Crippen molar-refractivity contribution in [3.8, 4) is 0 Å². The molecule has 1 rings (SSSR count). The summed E-state index contributed by atoms with van der Waals surface area (Å²) >= 11 is 3.40. The molecule has 110 valence electrons. The minimum absolute atomic E-state index is 0.0960. The molecule has 1 amide bonds. The van der Waals surface area contributed by atoms with Crippen molar-refractivity contribution >= 4 is 33.5 Å². The van der Waals surface area contributed by atoms with E-state index < -0.39 is 11.4 Å². The van der Waals surface area contributed by atoms with Crippen LogP contribution in [0.3, 0.4) is 0 Å². The van der Waals surface area contributed by atoms with Gasteiger partial charge in [-0.25, -0.2) is 0 Å². The van der Waals surface area contributed by atoms with Crippen molar-refractivity contribution in [3.63, 3.8) is 0 Å². The van der Waals surface area contributed by atoms with Crippen LogP contribution >= 0.6 is 15.9 Å². The highest BCUT2D eigenvalue weighted by Gasteiger charge is 2.30. The number of hydrogen-bond acceptors (Lipinski definition) is 3. The second-order valence-corrected chi connectivity index (χ2v) is 5.97. The number of amides is 1. The summed E-state index contributed by atoms with van der Waals surface area (Å²) in [6, 6.07) is 5.40. The molecule has 1 aromatic rings. The minimum atomic E-state index is -1.10. The van der Waals surface area contributed by atoms with Crippen LogP contribution in [0, 0.1) is 5.41 Å². The van der Waals surface area contributed by atoms with Crippen molar-refractivity contribution in [2.24, 2.45) is 5.41 Å². The Hall–Kier alpha value is -1.40. The Kier molecular flexibility index (Phi) is 5.71. The average molecular weight is 344 g/mol. The van der Waals surface area contributed by atoms with Gasteiger partial charge >= 0.3 is 5.97 Å². The van der Waals surface area contributed by atoms with Gasteiger partial charge in [0.2, 0.25) is 5.91 Å². The molecule has 6 heteroatoms. The summed E-state index contributed by atoms with van der Waals surface area (Å²) in [5.41, 5.74) is 0.334. The van der Waals surface area contributed by atoms with Crippen molar-refractivity contribution in [1.82, 2.24) is 0 Å². The van der Waals surface area contributed by atoms with Crippen LogP contribution in [0.5, 0.6) is 0 Å². The van der Waals surface area contributed by atoms with Crippen LogP contribution in [0.2, 0.25) is 0 Å². The van der Waals surface area contributed by atoms with Gasteiger partial charge in [-0.2, -0.15) is 0 Å². The zero-order valence-electron chi connectivity index (χ0n) is 11.7. The molecule has 20 heavy (non-hydrogen) atoms. The zero-order valence-corrected chi connectivity index (χ0v) is 13.3. The molecule has 0 atom stereocenters. The van der Waals surface area contributed by atoms with Gasteiger partial charge in [-0.05, 0) is 26.0 Å². The molecule has 1 aromatic carbocycles. The van der Waals surface area contributed by atoms with Gasteiger partial charge in [0, 0.05) is 29.3 Å². The maximum atomic E-state index is 12.0. The number of hydrogen-bond donors (Lipinski definition) is 2. The zero-order chi connectivity index (χ0) is 15.3. The van der Waals surface area contributed by atoms with Crippen LogP contribution in [-0.4, -0.2) is 24.1 Å². The van der Waals surface area contributed by atoms with E-state index in [4.69, 9.17) is 9.84 Å². The van der Waals surface area contributed by atoms with Crippen molar-refractivity contribution in [3.05, 3.63) is 28.2 Å². The third-order valence-electron chi connectivity index (χ3n) is 2.86. The van der Waals surface area contributed by atoms with Crippen molar-refractivity contribution in [1.29, 1.82) is 0 Å². The number of halogens is 1. The Morgan fingerprint density at radius 2 is 2.05 bits per heavy atom. The Labute approximate surface area is 126 Å². The second kappa shape index (κ2) is 6.85. The highest BCUT2D eigenvalue weighted by atomic mass is 79.9. The molecule has 0 heterocycles. The summed E-state index contributed by atoms with van der Waals surface area (Å²) < 4.78 is 5.92. The Bertz CT molecular complexity index is 514. The van der Waals surface area contributed by atoms with Gasteiger partial charge in [0.05, 0.1) is 12.0 Å².